The first-order chi connectivity index (χ1) is 13.8. The summed E-state index contributed by atoms with van der Waals surface area (Å²) >= 11 is 18.0. The zero-order valence-electron chi connectivity index (χ0n) is 16.1. The highest BCUT2D eigenvalue weighted by atomic mass is 35.5. The first-order valence-corrected chi connectivity index (χ1v) is 10.5. The molecule has 8 heteroatoms. The maximum absolute atomic E-state index is 12.6. The Morgan fingerprint density at radius 1 is 0.966 bits per heavy atom. The van der Waals surface area contributed by atoms with Gasteiger partial charge in [-0.05, 0) is 30.2 Å². The molecular weight excluding hydrogens is 433 g/mol. The predicted molar refractivity (Wildman–Crippen MR) is 118 cm³/mol. The zero-order chi connectivity index (χ0) is 21.0. The maximum atomic E-state index is 12.6. The summed E-state index contributed by atoms with van der Waals surface area (Å²) in [5.41, 5.74) is 2.60. The van der Waals surface area contributed by atoms with E-state index in [0.29, 0.717) is 53.4 Å². The van der Waals surface area contributed by atoms with Crippen LogP contribution in [-0.2, 0) is 16.0 Å². The molecule has 2 amide bonds. The van der Waals surface area contributed by atoms with Gasteiger partial charge in [-0.3, -0.25) is 14.5 Å². The van der Waals surface area contributed by atoms with Crippen LogP contribution in [0.4, 0.5) is 5.69 Å². The summed E-state index contributed by atoms with van der Waals surface area (Å²) in [6, 6.07) is 11.0. The van der Waals surface area contributed by atoms with E-state index in [1.807, 2.05) is 41.0 Å². The van der Waals surface area contributed by atoms with E-state index in [0.717, 1.165) is 11.1 Å². The fourth-order valence-corrected chi connectivity index (χ4v) is 3.84. The monoisotopic (exact) mass is 453 g/mol. The molecule has 1 aliphatic rings. The number of nitrogens with one attached hydrogen (secondary N) is 1. The number of amides is 2. The summed E-state index contributed by atoms with van der Waals surface area (Å²) in [5.74, 6) is -0.0732. The average Bonchev–Trinajstić information content (AvgIpc) is 2.68. The number of halogens is 3. The van der Waals surface area contributed by atoms with Crippen molar-refractivity contribution in [3.05, 3.63) is 62.6 Å². The van der Waals surface area contributed by atoms with E-state index in [1.165, 1.54) is 12.1 Å². The van der Waals surface area contributed by atoms with Gasteiger partial charge in [0.25, 0.3) is 0 Å². The third-order valence-corrected chi connectivity index (χ3v) is 6.01. The number of benzene rings is 2. The van der Waals surface area contributed by atoms with Gasteiger partial charge in [-0.2, -0.15) is 0 Å². The molecule has 0 spiro atoms. The Morgan fingerprint density at radius 3 is 2.31 bits per heavy atom. The minimum Gasteiger partial charge on any atom is -0.340 e. The quantitative estimate of drug-likeness (QED) is 0.686. The molecule has 5 nitrogen and oxygen atoms in total. The molecule has 0 atom stereocenters. The van der Waals surface area contributed by atoms with Crippen molar-refractivity contribution in [2.24, 2.45) is 0 Å². The van der Waals surface area contributed by atoms with Gasteiger partial charge in [0.1, 0.15) is 0 Å². The van der Waals surface area contributed by atoms with Crippen LogP contribution in [0.1, 0.15) is 11.1 Å². The summed E-state index contributed by atoms with van der Waals surface area (Å²) < 4.78 is 0. The van der Waals surface area contributed by atoms with Gasteiger partial charge in [-0.1, -0.05) is 59.1 Å². The summed E-state index contributed by atoms with van der Waals surface area (Å²) in [5, 5.41) is 3.76. The van der Waals surface area contributed by atoms with Crippen molar-refractivity contribution in [3.8, 4) is 0 Å². The Kier molecular flexibility index (Phi) is 7.41. The normalized spacial score (nSPS) is 14.7. The van der Waals surface area contributed by atoms with Gasteiger partial charge in [0.2, 0.25) is 11.8 Å². The third kappa shape index (κ3) is 5.86. The highest BCUT2D eigenvalue weighted by Crippen LogP contribution is 2.32. The fourth-order valence-electron chi connectivity index (χ4n) is 3.25. The summed E-state index contributed by atoms with van der Waals surface area (Å²) in [6.07, 6.45) is 0.406. The van der Waals surface area contributed by atoms with Gasteiger partial charge in [-0.15, -0.1) is 0 Å². The molecule has 29 heavy (non-hydrogen) atoms. The smallest absolute Gasteiger partial charge is 0.238 e. The Hall–Kier alpha value is -1.79. The van der Waals surface area contributed by atoms with Gasteiger partial charge in [-0.25, -0.2) is 0 Å². The molecule has 154 valence electrons. The first kappa shape index (κ1) is 21.9. The lowest BCUT2D eigenvalue weighted by Crippen LogP contribution is -2.50. The molecule has 0 aliphatic carbocycles. The van der Waals surface area contributed by atoms with Gasteiger partial charge >= 0.3 is 0 Å². The second-order valence-corrected chi connectivity index (χ2v) is 8.28. The van der Waals surface area contributed by atoms with E-state index in [2.05, 4.69) is 5.32 Å². The molecule has 3 rings (SSSR count). The lowest BCUT2D eigenvalue weighted by Gasteiger charge is -2.34. The third-order valence-electron chi connectivity index (χ3n) is 4.98. The lowest BCUT2D eigenvalue weighted by atomic mass is 10.1. The molecular formula is C21H22Cl3N3O2. The van der Waals surface area contributed by atoms with Crippen molar-refractivity contribution in [2.75, 3.05) is 38.0 Å². The van der Waals surface area contributed by atoms with E-state index < -0.39 is 0 Å². The van der Waals surface area contributed by atoms with Gasteiger partial charge in [0.15, 0.2) is 0 Å². The Labute approximate surface area is 185 Å². The molecule has 2 aromatic rings. The largest absolute Gasteiger partial charge is 0.340 e. The van der Waals surface area contributed by atoms with Gasteiger partial charge in [0.05, 0.1) is 33.7 Å². The van der Waals surface area contributed by atoms with Crippen LogP contribution in [0.5, 0.6) is 0 Å². The highest BCUT2D eigenvalue weighted by Gasteiger charge is 2.23. The standard InChI is InChI=1S/C21H22Cl3N3O2/c1-14-4-2-3-5-15(14)10-21(29)27-8-6-26(7-9-27)13-20(28)25-19-12-17(23)16(22)11-18(19)24/h2-5,11-12H,6-10,13H2,1H3,(H,25,28). The summed E-state index contributed by atoms with van der Waals surface area (Å²) in [7, 11) is 0. The molecule has 0 saturated carbocycles. The number of anilines is 1. The number of piperazine rings is 1. The molecule has 0 bridgehead atoms. The van der Waals surface area contributed by atoms with E-state index in [9.17, 15) is 9.59 Å². The molecule has 1 aliphatic heterocycles. The van der Waals surface area contributed by atoms with E-state index >= 15 is 0 Å². The molecule has 0 unspecified atom stereocenters. The molecule has 2 aromatic carbocycles. The van der Waals surface area contributed by atoms with E-state index in [1.54, 1.807) is 0 Å². The van der Waals surface area contributed by atoms with Gasteiger partial charge < -0.3 is 10.2 Å². The summed E-state index contributed by atoms with van der Waals surface area (Å²) in [6.45, 7) is 4.72. The van der Waals surface area contributed by atoms with Crippen LogP contribution in [0.15, 0.2) is 36.4 Å². The van der Waals surface area contributed by atoms with Crippen molar-refractivity contribution in [1.82, 2.24) is 9.80 Å². The maximum Gasteiger partial charge on any atom is 0.238 e. The van der Waals surface area contributed by atoms with Crippen LogP contribution < -0.4 is 5.32 Å². The molecule has 0 aromatic heterocycles. The molecule has 1 N–H and O–H groups in total. The van der Waals surface area contributed by atoms with Crippen LogP contribution in [0.25, 0.3) is 0 Å². The number of rotatable bonds is 5. The van der Waals surface area contributed by atoms with Crippen molar-refractivity contribution >= 4 is 52.3 Å². The van der Waals surface area contributed by atoms with Gasteiger partial charge in [0, 0.05) is 26.2 Å². The minimum absolute atomic E-state index is 0.117. The highest BCUT2D eigenvalue weighted by molar-refractivity contribution is 6.44. The van der Waals surface area contributed by atoms with Crippen LogP contribution in [0.2, 0.25) is 15.1 Å². The van der Waals surface area contributed by atoms with Crippen molar-refractivity contribution < 1.29 is 9.59 Å². The molecule has 1 fully saturated rings. The first-order valence-electron chi connectivity index (χ1n) is 9.32. The summed E-state index contributed by atoms with van der Waals surface area (Å²) in [4.78, 5) is 28.8. The fraction of sp³-hybridized carbons (Fsp3) is 0.333. The molecule has 0 radical (unpaired) electrons. The van der Waals surface area contributed by atoms with Crippen molar-refractivity contribution in [2.45, 2.75) is 13.3 Å². The average molecular weight is 455 g/mol. The van der Waals surface area contributed by atoms with Crippen LogP contribution >= 0.6 is 34.8 Å². The van der Waals surface area contributed by atoms with Crippen molar-refractivity contribution in [1.29, 1.82) is 0 Å². The second kappa shape index (κ2) is 9.81. The van der Waals surface area contributed by atoms with Crippen molar-refractivity contribution in [3.63, 3.8) is 0 Å². The lowest BCUT2D eigenvalue weighted by molar-refractivity contribution is -0.132. The Balaban J connectivity index is 1.48. The number of carbonyl (C=O) groups is 2. The molecule has 1 saturated heterocycles. The number of hydrogen-bond acceptors (Lipinski definition) is 3. The topological polar surface area (TPSA) is 52.7 Å². The van der Waals surface area contributed by atoms with E-state index in [-0.39, 0.29) is 18.4 Å². The van der Waals surface area contributed by atoms with Crippen LogP contribution in [0.3, 0.4) is 0 Å². The SMILES string of the molecule is Cc1ccccc1CC(=O)N1CCN(CC(=O)Nc2cc(Cl)c(Cl)cc2Cl)CC1. The van der Waals surface area contributed by atoms with Crippen LogP contribution in [-0.4, -0.2) is 54.3 Å². The minimum atomic E-state index is -0.190. The predicted octanol–water partition coefficient (Wildman–Crippen LogP) is 4.28. The number of nitrogens with zero attached hydrogens (tertiary/aromatic N) is 2. The Bertz CT molecular complexity index is 912. The number of aryl methyl sites for hydroxylation is 1. The number of carbonyl (C=O) groups excluding carboxylic acids is 2. The van der Waals surface area contributed by atoms with E-state index in [4.69, 9.17) is 34.8 Å². The zero-order valence-corrected chi connectivity index (χ0v) is 18.3. The molecule has 1 heterocycles. The Morgan fingerprint density at radius 2 is 1.62 bits per heavy atom. The van der Waals surface area contributed by atoms with Crippen LogP contribution in [0, 0.1) is 6.92 Å². The second-order valence-electron chi connectivity index (χ2n) is 7.05. The number of hydrogen-bond donors (Lipinski definition) is 1.